The van der Waals surface area contributed by atoms with Gasteiger partial charge in [0.1, 0.15) is 5.82 Å². The largest absolute Gasteiger partial charge is 0.310 e. The molecule has 0 spiro atoms. The molecule has 0 radical (unpaired) electrons. The van der Waals surface area contributed by atoms with Crippen molar-refractivity contribution in [2.75, 3.05) is 19.6 Å². The summed E-state index contributed by atoms with van der Waals surface area (Å²) < 4.78 is 13.1. The normalized spacial score (nSPS) is 14.4. The molecule has 1 aromatic carbocycles. The van der Waals surface area contributed by atoms with E-state index in [2.05, 4.69) is 37.9 Å². The van der Waals surface area contributed by atoms with Crippen LogP contribution in [0.2, 0.25) is 0 Å². The Morgan fingerprint density at radius 2 is 1.81 bits per heavy atom. The molecular weight excluding hydrogens is 263 g/mol. The fraction of sp³-hybridized carbons (Fsp3) is 0.667. The van der Waals surface area contributed by atoms with Crippen LogP contribution in [0.3, 0.4) is 0 Å². The molecule has 0 saturated carbocycles. The zero-order chi connectivity index (χ0) is 15.7. The second-order valence-corrected chi connectivity index (χ2v) is 5.73. The number of rotatable bonds is 10. The molecule has 120 valence electrons. The van der Waals surface area contributed by atoms with Crippen molar-refractivity contribution in [3.8, 4) is 0 Å². The van der Waals surface area contributed by atoms with Crippen LogP contribution in [-0.4, -0.2) is 30.6 Å². The van der Waals surface area contributed by atoms with E-state index in [0.717, 1.165) is 32.5 Å². The summed E-state index contributed by atoms with van der Waals surface area (Å²) in [6.07, 6.45) is 3.35. The maximum Gasteiger partial charge on any atom is 0.123 e. The van der Waals surface area contributed by atoms with Gasteiger partial charge in [-0.25, -0.2) is 4.39 Å². The SMILES string of the molecule is CCCNC(CCN(CC)C(C)CC)c1ccc(F)cc1. The monoisotopic (exact) mass is 294 g/mol. The van der Waals surface area contributed by atoms with Crippen LogP contribution < -0.4 is 5.32 Å². The summed E-state index contributed by atoms with van der Waals surface area (Å²) >= 11 is 0. The Kier molecular flexibility index (Phi) is 8.55. The molecule has 0 heterocycles. The molecule has 0 aromatic heterocycles. The number of halogens is 1. The van der Waals surface area contributed by atoms with Crippen LogP contribution in [-0.2, 0) is 0 Å². The molecule has 0 saturated heterocycles. The highest BCUT2D eigenvalue weighted by Crippen LogP contribution is 2.19. The van der Waals surface area contributed by atoms with Crippen LogP contribution in [0.1, 0.15) is 58.6 Å². The van der Waals surface area contributed by atoms with Crippen LogP contribution in [0, 0.1) is 5.82 Å². The molecule has 0 fully saturated rings. The van der Waals surface area contributed by atoms with Crippen molar-refractivity contribution in [3.05, 3.63) is 35.6 Å². The van der Waals surface area contributed by atoms with Crippen molar-refractivity contribution >= 4 is 0 Å². The third-order valence-electron chi connectivity index (χ3n) is 4.24. The van der Waals surface area contributed by atoms with Crippen LogP contribution in [0.15, 0.2) is 24.3 Å². The van der Waals surface area contributed by atoms with Gasteiger partial charge >= 0.3 is 0 Å². The Morgan fingerprint density at radius 1 is 1.14 bits per heavy atom. The molecular formula is C18H31FN2. The van der Waals surface area contributed by atoms with Gasteiger partial charge in [0, 0.05) is 18.6 Å². The Morgan fingerprint density at radius 3 is 2.33 bits per heavy atom. The highest BCUT2D eigenvalue weighted by Gasteiger charge is 2.15. The van der Waals surface area contributed by atoms with Gasteiger partial charge in [0.15, 0.2) is 0 Å². The number of hydrogen-bond donors (Lipinski definition) is 1. The summed E-state index contributed by atoms with van der Waals surface area (Å²) in [7, 11) is 0. The van der Waals surface area contributed by atoms with Gasteiger partial charge in [0.2, 0.25) is 0 Å². The summed E-state index contributed by atoms with van der Waals surface area (Å²) in [6, 6.07) is 7.85. The van der Waals surface area contributed by atoms with Gasteiger partial charge in [-0.05, 0) is 57.0 Å². The maximum atomic E-state index is 13.1. The fourth-order valence-corrected chi connectivity index (χ4v) is 2.64. The highest BCUT2D eigenvalue weighted by molar-refractivity contribution is 5.20. The first-order valence-corrected chi connectivity index (χ1v) is 8.35. The molecule has 1 aromatic rings. The maximum absolute atomic E-state index is 13.1. The van der Waals surface area contributed by atoms with Gasteiger partial charge in [0.05, 0.1) is 0 Å². The molecule has 0 amide bonds. The van der Waals surface area contributed by atoms with Crippen molar-refractivity contribution < 1.29 is 4.39 Å². The Balaban J connectivity index is 2.67. The molecule has 3 heteroatoms. The summed E-state index contributed by atoms with van der Waals surface area (Å²) in [5, 5.41) is 3.59. The minimum Gasteiger partial charge on any atom is -0.310 e. The van der Waals surface area contributed by atoms with E-state index in [4.69, 9.17) is 0 Å². The molecule has 0 aliphatic carbocycles. The lowest BCUT2D eigenvalue weighted by Gasteiger charge is -2.29. The first-order chi connectivity index (χ1) is 10.1. The molecule has 1 N–H and O–H groups in total. The third kappa shape index (κ3) is 6.15. The predicted octanol–water partition coefficient (Wildman–Crippen LogP) is 4.38. The van der Waals surface area contributed by atoms with Crippen LogP contribution >= 0.6 is 0 Å². The predicted molar refractivity (Wildman–Crippen MR) is 89.1 cm³/mol. The minimum absolute atomic E-state index is 0.164. The third-order valence-corrected chi connectivity index (χ3v) is 4.24. The Hall–Kier alpha value is -0.930. The van der Waals surface area contributed by atoms with Crippen LogP contribution in [0.5, 0.6) is 0 Å². The fourth-order valence-electron chi connectivity index (χ4n) is 2.64. The molecule has 2 atom stereocenters. The molecule has 2 nitrogen and oxygen atoms in total. The van der Waals surface area contributed by atoms with E-state index in [9.17, 15) is 4.39 Å². The van der Waals surface area contributed by atoms with Gasteiger partial charge in [0.25, 0.3) is 0 Å². The van der Waals surface area contributed by atoms with E-state index in [1.54, 1.807) is 12.1 Å². The van der Waals surface area contributed by atoms with Crippen molar-refractivity contribution in [1.29, 1.82) is 0 Å². The summed E-state index contributed by atoms with van der Waals surface area (Å²) in [6.45, 7) is 12.1. The lowest BCUT2D eigenvalue weighted by molar-refractivity contribution is 0.203. The topological polar surface area (TPSA) is 15.3 Å². The zero-order valence-electron chi connectivity index (χ0n) is 14.0. The standard InChI is InChI=1S/C18H31FN2/c1-5-13-20-18(16-8-10-17(19)11-9-16)12-14-21(7-3)15(4)6-2/h8-11,15,18,20H,5-7,12-14H2,1-4H3. The lowest BCUT2D eigenvalue weighted by Crippen LogP contribution is -2.35. The molecule has 1 rings (SSSR count). The average molecular weight is 294 g/mol. The Bertz CT molecular complexity index is 377. The zero-order valence-corrected chi connectivity index (χ0v) is 14.0. The molecule has 0 aliphatic heterocycles. The lowest BCUT2D eigenvalue weighted by atomic mass is 10.0. The molecule has 2 unspecified atom stereocenters. The van der Waals surface area contributed by atoms with E-state index in [1.165, 1.54) is 12.0 Å². The van der Waals surface area contributed by atoms with Gasteiger partial charge in [-0.1, -0.05) is 32.9 Å². The molecule has 0 bridgehead atoms. The van der Waals surface area contributed by atoms with E-state index < -0.39 is 0 Å². The summed E-state index contributed by atoms with van der Waals surface area (Å²) in [5.74, 6) is -0.164. The van der Waals surface area contributed by atoms with Gasteiger partial charge in [-0.15, -0.1) is 0 Å². The number of benzene rings is 1. The average Bonchev–Trinajstić information content (AvgIpc) is 2.51. The van der Waals surface area contributed by atoms with Crippen molar-refractivity contribution in [3.63, 3.8) is 0 Å². The van der Waals surface area contributed by atoms with E-state index in [1.807, 2.05) is 12.1 Å². The van der Waals surface area contributed by atoms with E-state index >= 15 is 0 Å². The van der Waals surface area contributed by atoms with Gasteiger partial charge in [-0.3, -0.25) is 0 Å². The van der Waals surface area contributed by atoms with E-state index in [-0.39, 0.29) is 5.82 Å². The van der Waals surface area contributed by atoms with Gasteiger partial charge < -0.3 is 10.2 Å². The molecule has 0 aliphatic rings. The quantitative estimate of drug-likeness (QED) is 0.689. The second-order valence-electron chi connectivity index (χ2n) is 5.73. The first kappa shape index (κ1) is 18.1. The number of nitrogens with one attached hydrogen (secondary N) is 1. The number of nitrogens with zero attached hydrogens (tertiary/aromatic N) is 1. The minimum atomic E-state index is -0.164. The van der Waals surface area contributed by atoms with E-state index in [0.29, 0.717) is 12.1 Å². The Labute approximate surface area is 129 Å². The first-order valence-electron chi connectivity index (χ1n) is 8.35. The van der Waals surface area contributed by atoms with Crippen molar-refractivity contribution in [2.24, 2.45) is 0 Å². The summed E-state index contributed by atoms with van der Waals surface area (Å²) in [5.41, 5.74) is 1.19. The highest BCUT2D eigenvalue weighted by atomic mass is 19.1. The summed E-state index contributed by atoms with van der Waals surface area (Å²) in [4.78, 5) is 2.52. The van der Waals surface area contributed by atoms with Crippen molar-refractivity contribution in [1.82, 2.24) is 10.2 Å². The second kappa shape index (κ2) is 9.91. The molecule has 21 heavy (non-hydrogen) atoms. The van der Waals surface area contributed by atoms with Gasteiger partial charge in [-0.2, -0.15) is 0 Å². The smallest absolute Gasteiger partial charge is 0.123 e. The van der Waals surface area contributed by atoms with Crippen LogP contribution in [0.25, 0.3) is 0 Å². The number of hydrogen-bond acceptors (Lipinski definition) is 2. The van der Waals surface area contributed by atoms with Crippen LogP contribution in [0.4, 0.5) is 4.39 Å². The van der Waals surface area contributed by atoms with Crippen molar-refractivity contribution in [2.45, 2.75) is 59.0 Å².